The largest absolute Gasteiger partial charge is 0.383 e. The van der Waals surface area contributed by atoms with Gasteiger partial charge in [-0.2, -0.15) is 5.10 Å². The number of aromatic nitrogens is 4. The highest BCUT2D eigenvalue weighted by atomic mass is 15.3. The predicted molar refractivity (Wildman–Crippen MR) is 76.5 cm³/mol. The van der Waals surface area contributed by atoms with Gasteiger partial charge in [-0.25, -0.2) is 4.98 Å². The first kappa shape index (κ1) is 13.2. The highest BCUT2D eigenvalue weighted by Crippen LogP contribution is 2.30. The van der Waals surface area contributed by atoms with Crippen LogP contribution in [0.15, 0.2) is 6.20 Å². The Hall–Kier alpha value is -2.22. The van der Waals surface area contributed by atoms with Crippen LogP contribution in [-0.4, -0.2) is 19.3 Å². The van der Waals surface area contributed by atoms with Crippen molar-refractivity contribution in [1.82, 2.24) is 19.3 Å². The van der Waals surface area contributed by atoms with E-state index in [2.05, 4.69) is 29.9 Å². The molecule has 0 unspecified atom stereocenters. The second kappa shape index (κ2) is 4.81. The monoisotopic (exact) mass is 257 g/mol. The molecule has 0 bridgehead atoms. The summed E-state index contributed by atoms with van der Waals surface area (Å²) < 4.78 is 3.66. The molecule has 0 radical (unpaired) electrons. The molecule has 0 aromatic carbocycles. The molecule has 0 aliphatic rings. The van der Waals surface area contributed by atoms with Gasteiger partial charge in [-0.1, -0.05) is 19.8 Å². The third-order valence-corrected chi connectivity index (χ3v) is 3.07. The van der Waals surface area contributed by atoms with Gasteiger partial charge in [0.1, 0.15) is 17.3 Å². The summed E-state index contributed by atoms with van der Waals surface area (Å²) in [4.78, 5) is 4.66. The maximum atomic E-state index is 6.21. The Bertz CT molecular complexity index is 640. The van der Waals surface area contributed by atoms with E-state index >= 15 is 0 Å². The number of anilines is 1. The second-order valence-corrected chi connectivity index (χ2v) is 4.95. The van der Waals surface area contributed by atoms with Crippen molar-refractivity contribution in [3.05, 3.63) is 17.7 Å². The fourth-order valence-electron chi connectivity index (χ4n) is 2.21. The average Bonchev–Trinajstić information content (AvgIpc) is 2.81. The number of hydrogen-bond donors (Lipinski definition) is 1. The molecule has 0 fully saturated rings. The van der Waals surface area contributed by atoms with Crippen molar-refractivity contribution >= 4 is 5.82 Å². The number of nitrogens with zero attached hydrogens (tertiary/aromatic N) is 4. The molecule has 0 atom stereocenters. The Balaban J connectivity index is 2.63. The summed E-state index contributed by atoms with van der Waals surface area (Å²) in [5.41, 5.74) is 8.84. The van der Waals surface area contributed by atoms with Crippen molar-refractivity contribution in [2.24, 2.45) is 7.05 Å². The molecule has 2 N–H and O–H groups in total. The third-order valence-electron chi connectivity index (χ3n) is 3.07. The van der Waals surface area contributed by atoms with Gasteiger partial charge < -0.3 is 10.3 Å². The van der Waals surface area contributed by atoms with Gasteiger partial charge >= 0.3 is 0 Å². The number of imidazole rings is 1. The van der Waals surface area contributed by atoms with Crippen molar-refractivity contribution in [2.75, 3.05) is 5.73 Å². The lowest BCUT2D eigenvalue weighted by molar-refractivity contribution is 0.691. The Labute approximate surface area is 113 Å². The van der Waals surface area contributed by atoms with Gasteiger partial charge in [-0.15, -0.1) is 6.42 Å². The molecule has 5 heteroatoms. The highest BCUT2D eigenvalue weighted by molar-refractivity contribution is 5.72. The molecule has 2 aromatic rings. The third kappa shape index (κ3) is 2.22. The molecule has 0 amide bonds. The first-order chi connectivity index (χ1) is 8.95. The zero-order valence-corrected chi connectivity index (χ0v) is 11.8. The zero-order valence-electron chi connectivity index (χ0n) is 11.8. The van der Waals surface area contributed by atoms with E-state index in [1.807, 2.05) is 24.7 Å². The van der Waals surface area contributed by atoms with Gasteiger partial charge in [0, 0.05) is 24.7 Å². The smallest absolute Gasteiger partial charge is 0.132 e. The first-order valence-corrected chi connectivity index (χ1v) is 6.25. The minimum atomic E-state index is 0.265. The summed E-state index contributed by atoms with van der Waals surface area (Å²) in [7, 11) is 1.88. The van der Waals surface area contributed by atoms with E-state index < -0.39 is 0 Å². The quantitative estimate of drug-likeness (QED) is 0.855. The summed E-state index contributed by atoms with van der Waals surface area (Å²) >= 11 is 0. The lowest BCUT2D eigenvalue weighted by atomic mass is 10.2. The maximum absolute atomic E-state index is 6.21. The van der Waals surface area contributed by atoms with Crippen LogP contribution in [0.1, 0.15) is 31.3 Å². The van der Waals surface area contributed by atoms with Crippen molar-refractivity contribution in [2.45, 2.75) is 33.2 Å². The number of rotatable bonds is 3. The molecule has 100 valence electrons. The summed E-state index contributed by atoms with van der Waals surface area (Å²) in [5, 5.41) is 4.33. The molecule has 0 aliphatic heterocycles. The predicted octanol–water partition coefficient (Wildman–Crippen LogP) is 1.93. The van der Waals surface area contributed by atoms with E-state index in [4.69, 9.17) is 12.2 Å². The number of nitrogens with two attached hydrogens (primary N) is 1. The highest BCUT2D eigenvalue weighted by Gasteiger charge is 2.20. The number of aryl methyl sites for hydroxylation is 2. The molecule has 2 heterocycles. The van der Waals surface area contributed by atoms with Gasteiger partial charge in [0.25, 0.3) is 0 Å². The molecule has 2 rings (SSSR count). The minimum Gasteiger partial charge on any atom is -0.383 e. The Kier molecular flexibility index (Phi) is 3.34. The molecule has 2 aromatic heterocycles. The second-order valence-electron chi connectivity index (χ2n) is 4.95. The fourth-order valence-corrected chi connectivity index (χ4v) is 2.21. The standard InChI is InChI=1S/C14H19N5/c1-6-7-19-13(15)12(16-14(19)9(2)3)11-8-18(5)17-10(11)4/h1,8-9H,7,15H2,2-5H3. The molecule has 0 spiro atoms. The topological polar surface area (TPSA) is 61.7 Å². The summed E-state index contributed by atoms with van der Waals surface area (Å²) in [5.74, 6) is 4.41. The molecular formula is C14H19N5. The SMILES string of the molecule is C#CCn1c(C(C)C)nc(-c2cn(C)nc2C)c1N. The van der Waals surface area contributed by atoms with Crippen LogP contribution < -0.4 is 5.73 Å². The number of nitrogen functional groups attached to an aromatic ring is 1. The van der Waals surface area contributed by atoms with E-state index in [0.29, 0.717) is 12.4 Å². The number of hydrogen-bond acceptors (Lipinski definition) is 3. The van der Waals surface area contributed by atoms with Gasteiger partial charge in [0.15, 0.2) is 0 Å². The number of terminal acetylenes is 1. The Morgan fingerprint density at radius 3 is 2.63 bits per heavy atom. The van der Waals surface area contributed by atoms with Crippen molar-refractivity contribution in [1.29, 1.82) is 0 Å². The van der Waals surface area contributed by atoms with Gasteiger partial charge in [-0.3, -0.25) is 4.68 Å². The molecule has 5 nitrogen and oxygen atoms in total. The van der Waals surface area contributed by atoms with Crippen LogP contribution in [0.5, 0.6) is 0 Å². The summed E-state index contributed by atoms with van der Waals surface area (Å²) in [6.07, 6.45) is 7.34. The van der Waals surface area contributed by atoms with E-state index in [-0.39, 0.29) is 5.92 Å². The van der Waals surface area contributed by atoms with Crippen LogP contribution in [0.2, 0.25) is 0 Å². The summed E-state index contributed by atoms with van der Waals surface area (Å²) in [6.45, 7) is 6.54. The first-order valence-electron chi connectivity index (χ1n) is 6.25. The van der Waals surface area contributed by atoms with Crippen molar-refractivity contribution in [3.8, 4) is 23.6 Å². The van der Waals surface area contributed by atoms with Crippen LogP contribution >= 0.6 is 0 Å². The summed E-state index contributed by atoms with van der Waals surface area (Å²) in [6, 6.07) is 0. The van der Waals surface area contributed by atoms with Gasteiger partial charge in [0.05, 0.1) is 12.2 Å². The van der Waals surface area contributed by atoms with Crippen molar-refractivity contribution < 1.29 is 0 Å². The Morgan fingerprint density at radius 2 is 2.16 bits per heavy atom. The minimum absolute atomic E-state index is 0.265. The van der Waals surface area contributed by atoms with Crippen LogP contribution in [-0.2, 0) is 13.6 Å². The lowest BCUT2D eigenvalue weighted by Crippen LogP contribution is -2.07. The molecular weight excluding hydrogens is 238 g/mol. The zero-order chi connectivity index (χ0) is 14.2. The van der Waals surface area contributed by atoms with Crippen LogP contribution in [0.4, 0.5) is 5.82 Å². The molecule has 0 saturated carbocycles. The van der Waals surface area contributed by atoms with Crippen LogP contribution in [0, 0.1) is 19.3 Å². The van der Waals surface area contributed by atoms with Crippen LogP contribution in [0.25, 0.3) is 11.3 Å². The normalized spacial score (nSPS) is 10.9. The lowest BCUT2D eigenvalue weighted by Gasteiger charge is -2.08. The van der Waals surface area contributed by atoms with Gasteiger partial charge in [0.2, 0.25) is 0 Å². The maximum Gasteiger partial charge on any atom is 0.132 e. The fraction of sp³-hybridized carbons (Fsp3) is 0.429. The Morgan fingerprint density at radius 1 is 1.47 bits per heavy atom. The van der Waals surface area contributed by atoms with Crippen LogP contribution in [0.3, 0.4) is 0 Å². The molecule has 19 heavy (non-hydrogen) atoms. The van der Waals surface area contributed by atoms with Gasteiger partial charge in [-0.05, 0) is 6.92 Å². The van der Waals surface area contributed by atoms with Crippen molar-refractivity contribution in [3.63, 3.8) is 0 Å². The van der Waals surface area contributed by atoms with E-state index in [1.54, 1.807) is 4.68 Å². The molecule has 0 saturated heterocycles. The van der Waals surface area contributed by atoms with E-state index in [0.717, 1.165) is 22.8 Å². The average molecular weight is 257 g/mol. The van der Waals surface area contributed by atoms with E-state index in [9.17, 15) is 0 Å². The van der Waals surface area contributed by atoms with E-state index in [1.165, 1.54) is 0 Å². The molecule has 0 aliphatic carbocycles.